The van der Waals surface area contributed by atoms with Crippen molar-refractivity contribution in [3.63, 3.8) is 0 Å². The molecule has 0 saturated heterocycles. The Labute approximate surface area is 149 Å². The maximum atomic E-state index is 6.14. The number of benzene rings is 1. The lowest BCUT2D eigenvalue weighted by Gasteiger charge is -2.09. The molecule has 0 unspecified atom stereocenters. The predicted octanol–water partition coefficient (Wildman–Crippen LogP) is 4.40. The second-order valence-corrected chi connectivity index (χ2v) is 5.57. The summed E-state index contributed by atoms with van der Waals surface area (Å²) in [6.07, 6.45) is 0. The van der Waals surface area contributed by atoms with E-state index in [1.165, 1.54) is 0 Å². The number of furan rings is 1. The van der Waals surface area contributed by atoms with Crippen molar-refractivity contribution in [2.45, 2.75) is 13.5 Å². The van der Waals surface area contributed by atoms with Crippen LogP contribution in [0.25, 0.3) is 11.3 Å². The molecule has 0 aliphatic rings. The van der Waals surface area contributed by atoms with E-state index < -0.39 is 0 Å². The molecule has 1 aromatic carbocycles. The van der Waals surface area contributed by atoms with E-state index in [9.17, 15) is 0 Å². The molecule has 0 fully saturated rings. The molecule has 3 nitrogen and oxygen atoms in total. The third-order valence-electron chi connectivity index (χ3n) is 3.23. The van der Waals surface area contributed by atoms with E-state index in [0.29, 0.717) is 0 Å². The van der Waals surface area contributed by atoms with Gasteiger partial charge >= 0.3 is 0 Å². The zero-order valence-corrected chi connectivity index (χ0v) is 15.4. The molecule has 0 radical (unpaired) electrons. The van der Waals surface area contributed by atoms with Gasteiger partial charge in [-0.3, -0.25) is 0 Å². The van der Waals surface area contributed by atoms with Crippen molar-refractivity contribution < 1.29 is 4.42 Å². The van der Waals surface area contributed by atoms with Crippen molar-refractivity contribution in [2.24, 2.45) is 0 Å². The molecule has 22 heavy (non-hydrogen) atoms. The Morgan fingerprint density at radius 2 is 1.86 bits per heavy atom. The van der Waals surface area contributed by atoms with Crippen LogP contribution in [-0.4, -0.2) is 32.1 Å². The predicted molar refractivity (Wildman–Crippen MR) is 98.6 cm³/mol. The Kier molecular flexibility index (Phi) is 9.81. The van der Waals surface area contributed by atoms with Crippen LogP contribution >= 0.6 is 36.4 Å². The third kappa shape index (κ3) is 5.82. The summed E-state index contributed by atoms with van der Waals surface area (Å²) in [5.41, 5.74) is 2.10. The molecule has 0 amide bonds. The van der Waals surface area contributed by atoms with E-state index in [4.69, 9.17) is 16.0 Å². The number of halogens is 3. The highest BCUT2D eigenvalue weighted by atomic mass is 35.5. The van der Waals surface area contributed by atoms with Gasteiger partial charge in [0.25, 0.3) is 0 Å². The number of likely N-dealkylation sites (N-methyl/N-ethyl adjacent to an activating group) is 1. The number of nitrogens with zero attached hydrogens (tertiary/aromatic N) is 1. The monoisotopic (exact) mass is 364 g/mol. The van der Waals surface area contributed by atoms with Crippen LogP contribution in [-0.2, 0) is 6.54 Å². The van der Waals surface area contributed by atoms with Crippen molar-refractivity contribution in [1.82, 2.24) is 10.2 Å². The Hall–Kier alpha value is -0.710. The number of nitrogens with one attached hydrogen (secondary N) is 1. The number of hydrogen-bond donors (Lipinski definition) is 1. The van der Waals surface area contributed by atoms with Gasteiger partial charge in [0.1, 0.15) is 11.5 Å². The molecule has 2 aromatic rings. The van der Waals surface area contributed by atoms with Crippen molar-refractivity contribution >= 4 is 36.4 Å². The maximum absolute atomic E-state index is 6.14. The van der Waals surface area contributed by atoms with Gasteiger partial charge in [0.2, 0.25) is 0 Å². The maximum Gasteiger partial charge on any atom is 0.134 e. The van der Waals surface area contributed by atoms with Gasteiger partial charge in [-0.2, -0.15) is 0 Å². The summed E-state index contributed by atoms with van der Waals surface area (Å²) in [5, 5.41) is 4.13. The third-order valence-corrected chi connectivity index (χ3v) is 3.64. The molecule has 0 aliphatic heterocycles. The smallest absolute Gasteiger partial charge is 0.134 e. The van der Waals surface area contributed by atoms with Gasteiger partial charge in [0, 0.05) is 23.7 Å². The standard InChI is InChI=1S/C16H21ClN2O.2ClH/c1-12-14(5-4-6-15(12)17)16-8-7-13(20-16)11-18-9-10-19(2)3;;/h4-8,18H,9-11H2,1-3H3;2*1H. The van der Waals surface area contributed by atoms with E-state index >= 15 is 0 Å². The first kappa shape index (κ1) is 21.3. The molecular weight excluding hydrogens is 343 g/mol. The fourth-order valence-corrected chi connectivity index (χ4v) is 2.18. The van der Waals surface area contributed by atoms with Crippen LogP contribution in [0.5, 0.6) is 0 Å². The fourth-order valence-electron chi connectivity index (χ4n) is 2.01. The van der Waals surface area contributed by atoms with Crippen molar-refractivity contribution in [1.29, 1.82) is 0 Å². The highest BCUT2D eigenvalue weighted by molar-refractivity contribution is 6.31. The second kappa shape index (κ2) is 10.1. The molecular formula is C16H23Cl3N2O. The summed E-state index contributed by atoms with van der Waals surface area (Å²) in [5.74, 6) is 1.81. The van der Waals surface area contributed by atoms with Crippen LogP contribution < -0.4 is 5.32 Å². The van der Waals surface area contributed by atoms with Crippen molar-refractivity contribution in [3.05, 3.63) is 46.7 Å². The van der Waals surface area contributed by atoms with E-state index in [2.05, 4.69) is 24.3 Å². The first-order valence-electron chi connectivity index (χ1n) is 6.77. The second-order valence-electron chi connectivity index (χ2n) is 5.16. The van der Waals surface area contributed by atoms with Crippen LogP contribution in [0.1, 0.15) is 11.3 Å². The summed E-state index contributed by atoms with van der Waals surface area (Å²) in [6.45, 7) is 4.71. The van der Waals surface area contributed by atoms with Crippen LogP contribution in [0.2, 0.25) is 5.02 Å². The first-order valence-corrected chi connectivity index (χ1v) is 7.15. The summed E-state index contributed by atoms with van der Waals surface area (Å²) >= 11 is 6.14. The highest BCUT2D eigenvalue weighted by Crippen LogP contribution is 2.29. The average Bonchev–Trinajstić information content (AvgIpc) is 2.86. The van der Waals surface area contributed by atoms with Crippen LogP contribution in [0.4, 0.5) is 0 Å². The van der Waals surface area contributed by atoms with Gasteiger partial charge in [0.05, 0.1) is 6.54 Å². The van der Waals surface area contributed by atoms with E-state index in [0.717, 1.165) is 47.3 Å². The van der Waals surface area contributed by atoms with E-state index in [-0.39, 0.29) is 24.8 Å². The summed E-state index contributed by atoms with van der Waals surface area (Å²) in [6, 6.07) is 9.89. The molecule has 0 saturated carbocycles. The SMILES string of the molecule is Cc1c(Cl)cccc1-c1ccc(CNCCN(C)C)o1.Cl.Cl. The normalized spacial score (nSPS) is 10.2. The van der Waals surface area contributed by atoms with Crippen LogP contribution in [0.3, 0.4) is 0 Å². The van der Waals surface area contributed by atoms with E-state index in [1.807, 2.05) is 37.3 Å². The molecule has 1 heterocycles. The topological polar surface area (TPSA) is 28.4 Å². The average molecular weight is 366 g/mol. The minimum Gasteiger partial charge on any atom is -0.460 e. The Bertz CT molecular complexity index is 570. The molecule has 124 valence electrons. The molecule has 0 atom stereocenters. The van der Waals surface area contributed by atoms with Crippen molar-refractivity contribution in [2.75, 3.05) is 27.2 Å². The first-order chi connectivity index (χ1) is 9.58. The van der Waals surface area contributed by atoms with Gasteiger partial charge in [-0.15, -0.1) is 24.8 Å². The van der Waals surface area contributed by atoms with Crippen LogP contribution in [0.15, 0.2) is 34.7 Å². The molecule has 6 heteroatoms. The summed E-state index contributed by atoms with van der Waals surface area (Å²) in [7, 11) is 4.13. The van der Waals surface area contributed by atoms with Crippen molar-refractivity contribution in [3.8, 4) is 11.3 Å². The zero-order chi connectivity index (χ0) is 14.5. The van der Waals surface area contributed by atoms with Gasteiger partial charge in [-0.05, 0) is 44.8 Å². The van der Waals surface area contributed by atoms with E-state index in [1.54, 1.807) is 0 Å². The quantitative estimate of drug-likeness (QED) is 0.769. The summed E-state index contributed by atoms with van der Waals surface area (Å²) < 4.78 is 5.88. The minimum atomic E-state index is 0. The molecule has 0 aliphatic carbocycles. The number of hydrogen-bond acceptors (Lipinski definition) is 3. The number of rotatable bonds is 6. The van der Waals surface area contributed by atoms with Gasteiger partial charge in [-0.1, -0.05) is 23.7 Å². The Balaban J connectivity index is 0.00000220. The Morgan fingerprint density at radius 3 is 2.55 bits per heavy atom. The fraction of sp³-hybridized carbons (Fsp3) is 0.375. The molecule has 2 rings (SSSR count). The van der Waals surface area contributed by atoms with Gasteiger partial charge < -0.3 is 14.6 Å². The molecule has 1 N–H and O–H groups in total. The minimum absolute atomic E-state index is 0. The lowest BCUT2D eigenvalue weighted by Crippen LogP contribution is -2.25. The Morgan fingerprint density at radius 1 is 1.14 bits per heavy atom. The van der Waals surface area contributed by atoms with Crippen LogP contribution in [0, 0.1) is 6.92 Å². The van der Waals surface area contributed by atoms with Gasteiger partial charge in [0.15, 0.2) is 0 Å². The lowest BCUT2D eigenvalue weighted by atomic mass is 10.1. The highest BCUT2D eigenvalue weighted by Gasteiger charge is 2.09. The van der Waals surface area contributed by atoms with Gasteiger partial charge in [-0.25, -0.2) is 0 Å². The zero-order valence-electron chi connectivity index (χ0n) is 13.1. The molecule has 1 aromatic heterocycles. The molecule has 0 bridgehead atoms. The molecule has 0 spiro atoms. The lowest BCUT2D eigenvalue weighted by molar-refractivity contribution is 0.392. The largest absolute Gasteiger partial charge is 0.460 e. The summed E-state index contributed by atoms with van der Waals surface area (Å²) in [4.78, 5) is 2.15.